The second-order valence-corrected chi connectivity index (χ2v) is 12.5. The number of nitrogens with one attached hydrogen (secondary N) is 2. The zero-order valence-corrected chi connectivity index (χ0v) is 22.2. The number of thiophene rings is 1. The second-order valence-electron chi connectivity index (χ2n) is 8.54. The zero-order valence-electron chi connectivity index (χ0n) is 19.8. The standard InChI is InChI=1S/C24H27N5O4S3/c1-2-5-21(30)33-29-11-9-28(10-12-29)16-18-15-25-24(35-18)20-14-17-6-3-7-19(23(17)26-20)27-36(31,32)22-8-4-13-34-22/h3-4,6-8,13-15,26-27H,2,5,9-12,16H2,1H3. The van der Waals surface area contributed by atoms with Gasteiger partial charge in [-0.15, -0.1) is 27.7 Å². The van der Waals surface area contributed by atoms with Crippen molar-refractivity contribution in [1.29, 1.82) is 0 Å². The predicted molar refractivity (Wildman–Crippen MR) is 142 cm³/mol. The Balaban J connectivity index is 1.25. The molecule has 0 aliphatic carbocycles. The number of aromatic nitrogens is 2. The molecule has 0 saturated carbocycles. The van der Waals surface area contributed by atoms with Gasteiger partial charge >= 0.3 is 5.97 Å². The molecule has 9 nitrogen and oxygen atoms in total. The van der Waals surface area contributed by atoms with Crippen LogP contribution in [0.2, 0.25) is 0 Å². The number of para-hydroxylation sites is 1. The number of carbonyl (C=O) groups excluding carboxylic acids is 1. The molecule has 1 aromatic carbocycles. The summed E-state index contributed by atoms with van der Waals surface area (Å²) in [5.74, 6) is -0.168. The van der Waals surface area contributed by atoms with E-state index in [0.717, 1.165) is 52.5 Å². The molecule has 4 aromatic rings. The predicted octanol–water partition coefficient (Wildman–Crippen LogP) is 4.53. The molecule has 4 heterocycles. The van der Waals surface area contributed by atoms with Gasteiger partial charge in [-0.3, -0.25) is 14.4 Å². The van der Waals surface area contributed by atoms with Gasteiger partial charge in [0.05, 0.1) is 16.9 Å². The van der Waals surface area contributed by atoms with E-state index in [0.29, 0.717) is 25.2 Å². The van der Waals surface area contributed by atoms with Gasteiger partial charge in [0.15, 0.2) is 0 Å². The molecule has 1 fully saturated rings. The van der Waals surface area contributed by atoms with Crippen LogP contribution < -0.4 is 4.72 Å². The smallest absolute Gasteiger partial charge is 0.325 e. The van der Waals surface area contributed by atoms with Crippen LogP contribution in [0.4, 0.5) is 5.69 Å². The summed E-state index contributed by atoms with van der Waals surface area (Å²) >= 11 is 2.79. The Morgan fingerprint density at radius 2 is 2.03 bits per heavy atom. The minimum Gasteiger partial charge on any atom is -0.368 e. The Morgan fingerprint density at radius 1 is 1.19 bits per heavy atom. The molecule has 5 rings (SSSR count). The molecule has 1 aliphatic rings. The van der Waals surface area contributed by atoms with Crippen LogP contribution in [0.25, 0.3) is 21.6 Å². The van der Waals surface area contributed by atoms with Gasteiger partial charge in [-0.25, -0.2) is 13.4 Å². The highest BCUT2D eigenvalue weighted by Crippen LogP contribution is 2.32. The van der Waals surface area contributed by atoms with E-state index in [9.17, 15) is 13.2 Å². The summed E-state index contributed by atoms with van der Waals surface area (Å²) in [4.78, 5) is 28.5. The third-order valence-corrected chi connectivity index (χ3v) is 9.62. The van der Waals surface area contributed by atoms with E-state index in [1.54, 1.807) is 40.0 Å². The Labute approximate surface area is 217 Å². The van der Waals surface area contributed by atoms with E-state index < -0.39 is 10.0 Å². The molecule has 1 saturated heterocycles. The maximum atomic E-state index is 12.7. The monoisotopic (exact) mass is 545 g/mol. The topological polar surface area (TPSA) is 108 Å². The van der Waals surface area contributed by atoms with Crippen molar-refractivity contribution in [3.8, 4) is 10.7 Å². The first-order chi connectivity index (χ1) is 17.4. The number of piperazine rings is 1. The number of hydroxylamine groups is 2. The van der Waals surface area contributed by atoms with Crippen LogP contribution in [-0.4, -0.2) is 60.5 Å². The van der Waals surface area contributed by atoms with Crippen molar-refractivity contribution >= 4 is 55.3 Å². The number of fused-ring (bicyclic) bond motifs is 1. The molecule has 0 radical (unpaired) electrons. The summed E-state index contributed by atoms with van der Waals surface area (Å²) in [6.45, 7) is 5.74. The Kier molecular flexibility index (Phi) is 7.39. The van der Waals surface area contributed by atoms with Crippen LogP contribution in [0.15, 0.2) is 52.2 Å². The third-order valence-electron chi connectivity index (χ3n) is 5.84. The lowest BCUT2D eigenvalue weighted by molar-refractivity contribution is -0.197. The first-order valence-electron chi connectivity index (χ1n) is 11.7. The molecule has 0 bridgehead atoms. The summed E-state index contributed by atoms with van der Waals surface area (Å²) in [7, 11) is -3.64. The summed E-state index contributed by atoms with van der Waals surface area (Å²) in [5, 5.41) is 5.24. The number of benzene rings is 1. The number of hydrogen-bond acceptors (Lipinski definition) is 9. The van der Waals surface area contributed by atoms with Crippen LogP contribution >= 0.6 is 22.7 Å². The maximum Gasteiger partial charge on any atom is 0.325 e. The van der Waals surface area contributed by atoms with Gasteiger partial charge in [-0.05, 0) is 30.0 Å². The molecule has 0 unspecified atom stereocenters. The normalized spacial score (nSPS) is 15.4. The fraction of sp³-hybridized carbons (Fsp3) is 0.333. The minimum absolute atomic E-state index is 0.168. The number of hydrogen-bond donors (Lipinski definition) is 2. The fourth-order valence-electron chi connectivity index (χ4n) is 4.07. The van der Waals surface area contributed by atoms with E-state index in [2.05, 4.69) is 19.6 Å². The van der Waals surface area contributed by atoms with E-state index >= 15 is 0 Å². The summed E-state index contributed by atoms with van der Waals surface area (Å²) in [5.41, 5.74) is 2.07. The number of carbonyl (C=O) groups is 1. The molecule has 190 valence electrons. The van der Waals surface area contributed by atoms with Gasteiger partial charge in [0.1, 0.15) is 9.22 Å². The molecule has 2 N–H and O–H groups in total. The average molecular weight is 546 g/mol. The lowest BCUT2D eigenvalue weighted by atomic mass is 10.2. The molecule has 0 amide bonds. The van der Waals surface area contributed by atoms with Crippen molar-refractivity contribution in [2.24, 2.45) is 0 Å². The first kappa shape index (κ1) is 24.9. The fourth-order valence-corrected chi connectivity index (χ4v) is 7.06. The molecule has 3 aromatic heterocycles. The molecule has 0 atom stereocenters. The lowest BCUT2D eigenvalue weighted by Gasteiger charge is -2.32. The quantitative estimate of drug-likeness (QED) is 0.318. The van der Waals surface area contributed by atoms with Gasteiger partial charge in [-0.1, -0.05) is 25.1 Å². The minimum atomic E-state index is -3.64. The molecular weight excluding hydrogens is 518 g/mol. The Bertz CT molecular complexity index is 1440. The van der Waals surface area contributed by atoms with Gasteiger partial charge in [0.25, 0.3) is 10.0 Å². The Hall–Kier alpha value is -2.77. The van der Waals surface area contributed by atoms with Gasteiger partial charge in [-0.2, -0.15) is 0 Å². The van der Waals surface area contributed by atoms with Crippen molar-refractivity contribution in [3.05, 3.63) is 52.9 Å². The van der Waals surface area contributed by atoms with Crippen LogP contribution in [-0.2, 0) is 26.2 Å². The highest BCUT2D eigenvalue weighted by Gasteiger charge is 2.21. The van der Waals surface area contributed by atoms with Crippen LogP contribution in [0.1, 0.15) is 24.6 Å². The largest absolute Gasteiger partial charge is 0.368 e. The van der Waals surface area contributed by atoms with Crippen LogP contribution in [0.3, 0.4) is 0 Å². The van der Waals surface area contributed by atoms with E-state index in [-0.39, 0.29) is 10.2 Å². The number of nitrogens with zero attached hydrogens (tertiary/aromatic N) is 3. The molecular formula is C24H27N5O4S3. The van der Waals surface area contributed by atoms with Crippen molar-refractivity contribution in [2.75, 3.05) is 30.9 Å². The van der Waals surface area contributed by atoms with E-state index in [4.69, 9.17) is 4.84 Å². The lowest BCUT2D eigenvalue weighted by Crippen LogP contribution is -2.46. The van der Waals surface area contributed by atoms with Crippen LogP contribution in [0, 0.1) is 0 Å². The van der Waals surface area contributed by atoms with Crippen molar-refractivity contribution < 1.29 is 18.0 Å². The number of H-pyrrole nitrogens is 1. The van der Waals surface area contributed by atoms with Crippen molar-refractivity contribution in [3.63, 3.8) is 0 Å². The molecule has 36 heavy (non-hydrogen) atoms. The van der Waals surface area contributed by atoms with Gasteiger partial charge in [0, 0.05) is 55.6 Å². The zero-order chi connectivity index (χ0) is 25.1. The number of sulfonamides is 1. The summed E-state index contributed by atoms with van der Waals surface area (Å²) in [6.07, 6.45) is 3.12. The van der Waals surface area contributed by atoms with Crippen molar-refractivity contribution in [2.45, 2.75) is 30.5 Å². The highest BCUT2D eigenvalue weighted by molar-refractivity contribution is 7.94. The second kappa shape index (κ2) is 10.7. The summed E-state index contributed by atoms with van der Waals surface area (Å²) in [6, 6.07) is 10.8. The highest BCUT2D eigenvalue weighted by atomic mass is 32.2. The van der Waals surface area contributed by atoms with Crippen molar-refractivity contribution in [1.82, 2.24) is 19.9 Å². The van der Waals surface area contributed by atoms with Gasteiger partial charge in [0.2, 0.25) is 0 Å². The first-order valence-corrected chi connectivity index (χ1v) is 14.9. The molecule has 12 heteroatoms. The SMILES string of the molecule is CCCC(=O)ON1CCN(Cc2cnc(-c3cc4cccc(NS(=O)(=O)c5cccs5)c4[nH]3)s2)CC1. The molecule has 0 spiro atoms. The number of rotatable bonds is 9. The van der Waals surface area contributed by atoms with Gasteiger partial charge < -0.3 is 9.82 Å². The van der Waals surface area contributed by atoms with E-state index in [1.165, 1.54) is 11.3 Å². The maximum absolute atomic E-state index is 12.7. The third kappa shape index (κ3) is 5.62. The number of aromatic amines is 1. The Morgan fingerprint density at radius 3 is 2.78 bits per heavy atom. The summed E-state index contributed by atoms with van der Waals surface area (Å²) < 4.78 is 28.4. The average Bonchev–Trinajstić information content (AvgIpc) is 3.61. The molecule has 1 aliphatic heterocycles. The van der Waals surface area contributed by atoms with Crippen LogP contribution in [0.5, 0.6) is 0 Å². The number of anilines is 1. The van der Waals surface area contributed by atoms with E-state index in [1.807, 2.05) is 31.3 Å². The number of thiazole rings is 1.